The number of anilines is 1. The van der Waals surface area contributed by atoms with Gasteiger partial charge in [0.25, 0.3) is 0 Å². The second-order valence-electron chi connectivity index (χ2n) is 8.18. The molecule has 32 heavy (non-hydrogen) atoms. The van der Waals surface area contributed by atoms with Crippen LogP contribution in [0.1, 0.15) is 26.7 Å². The maximum atomic E-state index is 13.7. The molecule has 0 atom stereocenters. The van der Waals surface area contributed by atoms with Crippen molar-refractivity contribution in [1.29, 1.82) is 0 Å². The van der Waals surface area contributed by atoms with Crippen LogP contribution in [0.4, 0.5) is 10.3 Å². The van der Waals surface area contributed by atoms with Crippen molar-refractivity contribution in [3.05, 3.63) is 65.6 Å². The average molecular weight is 455 g/mol. The molecule has 3 aromatic rings. The number of imidazole rings is 1. The van der Waals surface area contributed by atoms with Crippen LogP contribution < -0.4 is 5.32 Å². The van der Waals surface area contributed by atoms with Gasteiger partial charge in [0.2, 0.25) is 17.8 Å². The Morgan fingerprint density at radius 1 is 1.22 bits per heavy atom. The monoisotopic (exact) mass is 454 g/mol. The van der Waals surface area contributed by atoms with E-state index in [9.17, 15) is 14.0 Å². The van der Waals surface area contributed by atoms with Crippen molar-refractivity contribution in [1.82, 2.24) is 14.5 Å². The van der Waals surface area contributed by atoms with Crippen molar-refractivity contribution < 1.29 is 14.0 Å². The summed E-state index contributed by atoms with van der Waals surface area (Å²) in [6.07, 6.45) is 3.58. The average Bonchev–Trinajstić information content (AvgIpc) is 3.54. The first-order valence-electron chi connectivity index (χ1n) is 10.5. The number of carbonyl (C=O) groups excluding carboxylic acids is 2. The third-order valence-electron chi connectivity index (χ3n) is 5.29. The van der Waals surface area contributed by atoms with E-state index in [1.54, 1.807) is 21.7 Å². The molecule has 1 fully saturated rings. The molecule has 1 aliphatic rings. The van der Waals surface area contributed by atoms with Crippen LogP contribution in [0.2, 0.25) is 5.02 Å². The largest absolute Gasteiger partial charge is 0.330 e. The van der Waals surface area contributed by atoms with Crippen molar-refractivity contribution in [2.45, 2.75) is 32.7 Å². The minimum Gasteiger partial charge on any atom is -0.330 e. The van der Waals surface area contributed by atoms with Gasteiger partial charge in [-0.15, -0.1) is 0 Å². The number of amides is 2. The van der Waals surface area contributed by atoms with Crippen molar-refractivity contribution in [3.63, 3.8) is 0 Å². The van der Waals surface area contributed by atoms with E-state index in [1.165, 1.54) is 12.1 Å². The van der Waals surface area contributed by atoms with Gasteiger partial charge in [-0.3, -0.25) is 19.5 Å². The Hall–Kier alpha value is -3.19. The predicted octanol–water partition coefficient (Wildman–Crippen LogP) is 4.92. The lowest BCUT2D eigenvalue weighted by Crippen LogP contribution is -2.41. The van der Waals surface area contributed by atoms with E-state index in [-0.39, 0.29) is 41.3 Å². The molecule has 0 spiro atoms. The van der Waals surface area contributed by atoms with Gasteiger partial charge >= 0.3 is 0 Å². The number of nitrogens with one attached hydrogen (secondary N) is 1. The molecular formula is C24H24ClFN4O2. The summed E-state index contributed by atoms with van der Waals surface area (Å²) in [7, 11) is 0. The fourth-order valence-corrected chi connectivity index (χ4v) is 3.65. The molecule has 0 aliphatic heterocycles. The Labute approximate surface area is 191 Å². The summed E-state index contributed by atoms with van der Waals surface area (Å²) in [5.41, 5.74) is 2.06. The van der Waals surface area contributed by atoms with Gasteiger partial charge in [-0.05, 0) is 31.0 Å². The van der Waals surface area contributed by atoms with E-state index in [4.69, 9.17) is 11.6 Å². The fraction of sp³-hybridized carbons (Fsp3) is 0.292. The maximum Gasteiger partial charge on any atom is 0.246 e. The third kappa shape index (κ3) is 4.83. The molecule has 1 aromatic heterocycles. The normalized spacial score (nSPS) is 13.3. The van der Waals surface area contributed by atoms with Gasteiger partial charge in [-0.25, -0.2) is 9.37 Å². The second-order valence-corrected chi connectivity index (χ2v) is 8.59. The van der Waals surface area contributed by atoms with Crippen molar-refractivity contribution in [3.8, 4) is 16.9 Å². The van der Waals surface area contributed by atoms with Crippen LogP contribution in [-0.2, 0) is 9.59 Å². The number of nitrogens with zero attached hydrogens (tertiary/aromatic N) is 3. The summed E-state index contributed by atoms with van der Waals surface area (Å²) in [5, 5.41) is 2.79. The van der Waals surface area contributed by atoms with Crippen LogP contribution in [-0.4, -0.2) is 38.9 Å². The predicted molar refractivity (Wildman–Crippen MR) is 122 cm³/mol. The standard InChI is InChI=1S/C24H24ClFN4O2/c1-15(2)23(32)29(17-8-9-17)14-22(31)28-24-27-21(16-6-4-3-5-7-16)13-30(24)18-10-11-20(26)19(25)12-18/h3-7,10-13,15,17H,8-9,14H2,1-2H3,(H,27,28,31). The van der Waals surface area contributed by atoms with E-state index >= 15 is 0 Å². The molecule has 0 bridgehead atoms. The van der Waals surface area contributed by atoms with Gasteiger partial charge in [-0.2, -0.15) is 0 Å². The zero-order valence-electron chi connectivity index (χ0n) is 17.9. The smallest absolute Gasteiger partial charge is 0.246 e. The summed E-state index contributed by atoms with van der Waals surface area (Å²) < 4.78 is 15.3. The van der Waals surface area contributed by atoms with Crippen molar-refractivity contribution >= 4 is 29.4 Å². The van der Waals surface area contributed by atoms with Gasteiger partial charge in [0.05, 0.1) is 16.4 Å². The van der Waals surface area contributed by atoms with Crippen LogP contribution in [0.15, 0.2) is 54.7 Å². The fourth-order valence-electron chi connectivity index (χ4n) is 3.47. The lowest BCUT2D eigenvalue weighted by Gasteiger charge is -2.23. The molecule has 1 saturated carbocycles. The number of hydrogen-bond donors (Lipinski definition) is 1. The molecule has 0 saturated heterocycles. The number of carbonyl (C=O) groups is 2. The Kier molecular flexibility index (Phi) is 6.28. The van der Waals surface area contributed by atoms with E-state index in [0.717, 1.165) is 18.4 Å². The summed E-state index contributed by atoms with van der Waals surface area (Å²) in [6, 6.07) is 13.9. The van der Waals surface area contributed by atoms with Crippen LogP contribution in [0.3, 0.4) is 0 Å². The first kappa shape index (κ1) is 22.0. The first-order valence-corrected chi connectivity index (χ1v) is 10.9. The van der Waals surface area contributed by atoms with E-state index in [1.807, 2.05) is 44.2 Å². The molecule has 8 heteroatoms. The molecule has 0 unspecified atom stereocenters. The van der Waals surface area contributed by atoms with Gasteiger partial charge in [0.15, 0.2) is 0 Å². The molecule has 1 aliphatic carbocycles. The Morgan fingerprint density at radius 2 is 1.94 bits per heavy atom. The highest BCUT2D eigenvalue weighted by atomic mass is 35.5. The number of benzene rings is 2. The molecule has 6 nitrogen and oxygen atoms in total. The first-order chi connectivity index (χ1) is 15.3. The van der Waals surface area contributed by atoms with Crippen molar-refractivity contribution in [2.75, 3.05) is 11.9 Å². The summed E-state index contributed by atoms with van der Waals surface area (Å²) in [5.74, 6) is -0.829. The van der Waals surface area contributed by atoms with Crippen molar-refractivity contribution in [2.24, 2.45) is 5.92 Å². The van der Waals surface area contributed by atoms with Crippen LogP contribution in [0.5, 0.6) is 0 Å². The molecule has 2 amide bonds. The number of aromatic nitrogens is 2. The molecule has 4 rings (SSSR count). The van der Waals surface area contributed by atoms with Crippen LogP contribution >= 0.6 is 11.6 Å². The van der Waals surface area contributed by atoms with Gasteiger partial charge in [-0.1, -0.05) is 55.8 Å². The zero-order chi connectivity index (χ0) is 22.8. The third-order valence-corrected chi connectivity index (χ3v) is 5.58. The highest BCUT2D eigenvalue weighted by molar-refractivity contribution is 6.30. The Bertz CT molecular complexity index is 1140. The molecule has 2 aromatic carbocycles. The molecule has 1 N–H and O–H groups in total. The number of rotatable bonds is 7. The minimum atomic E-state index is -0.531. The molecule has 166 valence electrons. The van der Waals surface area contributed by atoms with Crippen LogP contribution in [0.25, 0.3) is 16.9 Å². The topological polar surface area (TPSA) is 67.2 Å². The molecule has 0 radical (unpaired) electrons. The Morgan fingerprint density at radius 3 is 2.56 bits per heavy atom. The highest BCUT2D eigenvalue weighted by Gasteiger charge is 2.34. The zero-order valence-corrected chi connectivity index (χ0v) is 18.6. The lowest BCUT2D eigenvalue weighted by molar-refractivity contribution is -0.138. The summed E-state index contributed by atoms with van der Waals surface area (Å²) >= 11 is 5.98. The quantitative estimate of drug-likeness (QED) is 0.551. The molecular weight excluding hydrogens is 431 g/mol. The van der Waals surface area contributed by atoms with E-state index < -0.39 is 5.82 Å². The summed E-state index contributed by atoms with van der Waals surface area (Å²) in [4.78, 5) is 31.6. The lowest BCUT2D eigenvalue weighted by atomic mass is 10.2. The number of hydrogen-bond acceptors (Lipinski definition) is 3. The number of halogens is 2. The SMILES string of the molecule is CC(C)C(=O)N(CC(=O)Nc1nc(-c2ccccc2)cn1-c1ccc(F)c(Cl)c1)C1CC1. The van der Waals surface area contributed by atoms with E-state index in [0.29, 0.717) is 11.4 Å². The minimum absolute atomic E-state index is 0.0304. The maximum absolute atomic E-state index is 13.7. The highest BCUT2D eigenvalue weighted by Crippen LogP contribution is 2.29. The van der Waals surface area contributed by atoms with E-state index in [2.05, 4.69) is 10.3 Å². The summed E-state index contributed by atoms with van der Waals surface area (Å²) in [6.45, 7) is 3.61. The Balaban J connectivity index is 1.64. The van der Waals surface area contributed by atoms with Crippen LogP contribution in [0, 0.1) is 11.7 Å². The van der Waals surface area contributed by atoms with Gasteiger partial charge in [0, 0.05) is 23.7 Å². The van der Waals surface area contributed by atoms with Gasteiger partial charge in [0.1, 0.15) is 12.4 Å². The molecule has 1 heterocycles. The van der Waals surface area contributed by atoms with Gasteiger partial charge < -0.3 is 4.90 Å². The second kappa shape index (κ2) is 9.12.